The zero-order chi connectivity index (χ0) is 14.5. The van der Waals surface area contributed by atoms with Crippen molar-refractivity contribution in [3.63, 3.8) is 0 Å². The van der Waals surface area contributed by atoms with E-state index in [4.69, 9.17) is 4.74 Å². The fourth-order valence-corrected chi connectivity index (χ4v) is 2.51. The molecule has 106 valence electrons. The molecule has 1 unspecified atom stereocenters. The van der Waals surface area contributed by atoms with Gasteiger partial charge in [-0.1, -0.05) is 40.2 Å². The van der Waals surface area contributed by atoms with Crippen molar-refractivity contribution in [2.75, 3.05) is 12.4 Å². The molecule has 0 spiro atoms. The van der Waals surface area contributed by atoms with Crippen LogP contribution in [0.5, 0.6) is 0 Å². The number of methoxy groups -OCH3 is 1. The fourth-order valence-electron chi connectivity index (χ4n) is 2.04. The second kappa shape index (κ2) is 6.86. The second-order valence-electron chi connectivity index (χ2n) is 4.77. The summed E-state index contributed by atoms with van der Waals surface area (Å²) in [6.45, 7) is 1.96. The quantitative estimate of drug-likeness (QED) is 0.881. The molecule has 0 saturated carbocycles. The van der Waals surface area contributed by atoms with E-state index >= 15 is 0 Å². The van der Waals surface area contributed by atoms with E-state index in [0.717, 1.165) is 27.4 Å². The molecular formula is C16H18BrNO2. The van der Waals surface area contributed by atoms with Gasteiger partial charge in [0.25, 0.3) is 0 Å². The lowest BCUT2D eigenvalue weighted by Crippen LogP contribution is -2.15. The zero-order valence-corrected chi connectivity index (χ0v) is 13.2. The van der Waals surface area contributed by atoms with Gasteiger partial charge in [0.05, 0.1) is 6.10 Å². The summed E-state index contributed by atoms with van der Waals surface area (Å²) < 4.78 is 6.18. The van der Waals surface area contributed by atoms with Crippen molar-refractivity contribution < 1.29 is 9.53 Å². The number of ether oxygens (including phenoxy) is 1. The van der Waals surface area contributed by atoms with Crippen LogP contribution < -0.4 is 5.32 Å². The van der Waals surface area contributed by atoms with Crippen molar-refractivity contribution in [2.24, 2.45) is 0 Å². The number of hydrogen-bond donors (Lipinski definition) is 1. The van der Waals surface area contributed by atoms with Crippen LogP contribution >= 0.6 is 15.9 Å². The SMILES string of the molecule is COC(C)CCC(=O)Nc1ccc(Br)c2ccccc12. The molecule has 1 amide bonds. The number of amides is 1. The minimum absolute atomic E-state index is 0.0152. The molecule has 20 heavy (non-hydrogen) atoms. The van der Waals surface area contributed by atoms with E-state index in [9.17, 15) is 4.79 Å². The third-order valence-electron chi connectivity index (χ3n) is 3.33. The monoisotopic (exact) mass is 335 g/mol. The summed E-state index contributed by atoms with van der Waals surface area (Å²) in [5, 5.41) is 5.11. The van der Waals surface area contributed by atoms with Crippen molar-refractivity contribution >= 4 is 38.3 Å². The summed E-state index contributed by atoms with van der Waals surface area (Å²) in [5.74, 6) is 0.0152. The highest BCUT2D eigenvalue weighted by Gasteiger charge is 2.09. The van der Waals surface area contributed by atoms with Gasteiger partial charge in [0, 0.05) is 29.1 Å². The molecule has 4 heteroatoms. The van der Waals surface area contributed by atoms with Crippen LogP contribution in [0.2, 0.25) is 0 Å². The van der Waals surface area contributed by atoms with Crippen LogP contribution in [0, 0.1) is 0 Å². The minimum atomic E-state index is 0.0152. The summed E-state index contributed by atoms with van der Waals surface area (Å²) >= 11 is 3.53. The first-order chi connectivity index (χ1) is 9.61. The molecule has 0 aliphatic heterocycles. The van der Waals surface area contributed by atoms with Gasteiger partial charge in [-0.15, -0.1) is 0 Å². The first-order valence-electron chi connectivity index (χ1n) is 6.61. The first kappa shape index (κ1) is 15.0. The Morgan fingerprint density at radius 2 is 1.95 bits per heavy atom. The Balaban J connectivity index is 2.14. The summed E-state index contributed by atoms with van der Waals surface area (Å²) in [6, 6.07) is 11.9. The summed E-state index contributed by atoms with van der Waals surface area (Å²) in [7, 11) is 1.66. The molecule has 2 aromatic carbocycles. The topological polar surface area (TPSA) is 38.3 Å². The maximum Gasteiger partial charge on any atom is 0.224 e. The molecule has 0 fully saturated rings. The van der Waals surface area contributed by atoms with E-state index in [0.29, 0.717) is 6.42 Å². The maximum atomic E-state index is 12.0. The fraction of sp³-hybridized carbons (Fsp3) is 0.312. The Morgan fingerprint density at radius 1 is 1.25 bits per heavy atom. The molecule has 3 nitrogen and oxygen atoms in total. The zero-order valence-electron chi connectivity index (χ0n) is 11.7. The van der Waals surface area contributed by atoms with Gasteiger partial charge in [0.2, 0.25) is 5.91 Å². The van der Waals surface area contributed by atoms with E-state index in [-0.39, 0.29) is 12.0 Å². The molecule has 0 heterocycles. The average Bonchev–Trinajstić information content (AvgIpc) is 2.48. The Labute approximate surface area is 127 Å². The predicted octanol–water partition coefficient (Wildman–Crippen LogP) is 4.36. The second-order valence-corrected chi connectivity index (χ2v) is 5.63. The van der Waals surface area contributed by atoms with Gasteiger partial charge < -0.3 is 10.1 Å². The van der Waals surface area contributed by atoms with Gasteiger partial charge in [0.1, 0.15) is 0 Å². The number of carbonyl (C=O) groups excluding carboxylic acids is 1. The number of fused-ring (bicyclic) bond motifs is 1. The van der Waals surface area contributed by atoms with E-state index in [2.05, 4.69) is 21.2 Å². The number of rotatable bonds is 5. The van der Waals surface area contributed by atoms with Crippen LogP contribution in [0.15, 0.2) is 40.9 Å². The number of benzene rings is 2. The number of halogens is 1. The van der Waals surface area contributed by atoms with Gasteiger partial charge in [-0.2, -0.15) is 0 Å². The van der Waals surface area contributed by atoms with Gasteiger partial charge in [0.15, 0.2) is 0 Å². The molecule has 1 atom stereocenters. The van der Waals surface area contributed by atoms with Crippen molar-refractivity contribution in [3.05, 3.63) is 40.9 Å². The van der Waals surface area contributed by atoms with Gasteiger partial charge in [-0.25, -0.2) is 0 Å². The molecule has 0 bridgehead atoms. The first-order valence-corrected chi connectivity index (χ1v) is 7.41. The van der Waals surface area contributed by atoms with E-state index in [1.54, 1.807) is 7.11 Å². The molecule has 2 rings (SSSR count). The average molecular weight is 336 g/mol. The lowest BCUT2D eigenvalue weighted by molar-refractivity contribution is -0.116. The van der Waals surface area contributed by atoms with Crippen LogP contribution in [0.1, 0.15) is 19.8 Å². The number of anilines is 1. The van der Waals surface area contributed by atoms with Gasteiger partial charge >= 0.3 is 0 Å². The molecule has 0 saturated heterocycles. The maximum absolute atomic E-state index is 12.0. The molecule has 0 aliphatic rings. The smallest absolute Gasteiger partial charge is 0.224 e. The van der Waals surface area contributed by atoms with E-state index in [1.807, 2.05) is 43.3 Å². The van der Waals surface area contributed by atoms with Crippen molar-refractivity contribution in [3.8, 4) is 0 Å². The van der Waals surface area contributed by atoms with Crippen molar-refractivity contribution in [1.82, 2.24) is 0 Å². The van der Waals surface area contributed by atoms with Gasteiger partial charge in [-0.05, 0) is 30.9 Å². The minimum Gasteiger partial charge on any atom is -0.382 e. The lowest BCUT2D eigenvalue weighted by Gasteiger charge is -2.11. The van der Waals surface area contributed by atoms with Crippen LogP contribution in [0.25, 0.3) is 10.8 Å². The highest BCUT2D eigenvalue weighted by Crippen LogP contribution is 2.30. The Morgan fingerprint density at radius 3 is 2.65 bits per heavy atom. The van der Waals surface area contributed by atoms with Crippen molar-refractivity contribution in [2.45, 2.75) is 25.9 Å². The summed E-state index contributed by atoms with van der Waals surface area (Å²) in [6.07, 6.45) is 1.28. The van der Waals surface area contributed by atoms with Gasteiger partial charge in [-0.3, -0.25) is 4.79 Å². The number of hydrogen-bond acceptors (Lipinski definition) is 2. The van der Waals surface area contributed by atoms with E-state index < -0.39 is 0 Å². The third kappa shape index (κ3) is 3.58. The normalized spacial score (nSPS) is 12.3. The largest absolute Gasteiger partial charge is 0.382 e. The molecular weight excluding hydrogens is 318 g/mol. The molecule has 1 N–H and O–H groups in total. The molecule has 0 aromatic heterocycles. The lowest BCUT2D eigenvalue weighted by atomic mass is 10.1. The van der Waals surface area contributed by atoms with Crippen LogP contribution in [0.3, 0.4) is 0 Å². The highest BCUT2D eigenvalue weighted by molar-refractivity contribution is 9.10. The highest BCUT2D eigenvalue weighted by atomic mass is 79.9. The summed E-state index contributed by atoms with van der Waals surface area (Å²) in [4.78, 5) is 12.0. The molecule has 2 aromatic rings. The molecule has 0 aliphatic carbocycles. The third-order valence-corrected chi connectivity index (χ3v) is 4.02. The predicted molar refractivity (Wildman–Crippen MR) is 86.0 cm³/mol. The molecule has 0 radical (unpaired) electrons. The van der Waals surface area contributed by atoms with Crippen molar-refractivity contribution in [1.29, 1.82) is 0 Å². The Hall–Kier alpha value is -1.39. The summed E-state index contributed by atoms with van der Waals surface area (Å²) in [5.41, 5.74) is 0.846. The van der Waals surface area contributed by atoms with Crippen LogP contribution in [-0.4, -0.2) is 19.1 Å². The Kier molecular flexibility index (Phi) is 5.15. The van der Waals surface area contributed by atoms with Crippen LogP contribution in [-0.2, 0) is 9.53 Å². The Bertz CT molecular complexity index is 612. The van der Waals surface area contributed by atoms with E-state index in [1.165, 1.54) is 0 Å². The standard InChI is InChI=1S/C16H18BrNO2/c1-11(20-2)7-10-16(19)18-15-9-8-14(17)12-5-3-4-6-13(12)15/h3-6,8-9,11H,7,10H2,1-2H3,(H,18,19). The number of nitrogens with one attached hydrogen (secondary N) is 1. The van der Waals surface area contributed by atoms with Crippen LogP contribution in [0.4, 0.5) is 5.69 Å². The number of carbonyl (C=O) groups is 1.